The average Bonchev–Trinajstić information content (AvgIpc) is 2.53. The van der Waals surface area contributed by atoms with Crippen LogP contribution in [0.25, 0.3) is 0 Å². The van der Waals surface area contributed by atoms with E-state index in [1.54, 1.807) is 12.1 Å². The predicted octanol–water partition coefficient (Wildman–Crippen LogP) is 2.63. The molecule has 2 N–H and O–H groups in total. The van der Waals surface area contributed by atoms with Crippen LogP contribution >= 0.6 is 23.2 Å². The summed E-state index contributed by atoms with van der Waals surface area (Å²) in [6.07, 6.45) is 0.605. The van der Waals surface area contributed by atoms with E-state index in [0.29, 0.717) is 23.0 Å². The summed E-state index contributed by atoms with van der Waals surface area (Å²) in [4.78, 5) is 11.8. The van der Waals surface area contributed by atoms with Crippen LogP contribution in [0.2, 0.25) is 10.0 Å². The molecule has 0 radical (unpaired) electrons. The van der Waals surface area contributed by atoms with Crippen molar-refractivity contribution in [1.29, 1.82) is 0 Å². The Morgan fingerprint density at radius 1 is 1.00 bits per heavy atom. The lowest BCUT2D eigenvalue weighted by molar-refractivity contribution is -0.119. The van der Waals surface area contributed by atoms with Gasteiger partial charge < -0.3 is 5.32 Å². The van der Waals surface area contributed by atoms with E-state index >= 15 is 0 Å². The number of carbonyl (C=O) groups is 1. The molecular formula is C16H16Cl2N2O3S. The first kappa shape index (κ1) is 18.7. The lowest BCUT2D eigenvalue weighted by Crippen LogP contribution is -2.37. The van der Waals surface area contributed by atoms with Crippen molar-refractivity contribution in [2.75, 3.05) is 13.1 Å². The van der Waals surface area contributed by atoms with E-state index < -0.39 is 15.9 Å². The highest BCUT2D eigenvalue weighted by molar-refractivity contribution is 7.89. The Morgan fingerprint density at radius 3 is 2.33 bits per heavy atom. The lowest BCUT2D eigenvalue weighted by Gasteiger charge is -2.08. The molecule has 0 aliphatic rings. The SMILES string of the molecule is O=C(CNS(=O)(=O)c1cccc(Cl)c1)NCCc1cccc(Cl)c1. The second kappa shape index (κ2) is 8.48. The number of halogens is 2. The van der Waals surface area contributed by atoms with Crippen molar-refractivity contribution < 1.29 is 13.2 Å². The number of amides is 1. The van der Waals surface area contributed by atoms with Crippen LogP contribution in [0.4, 0.5) is 0 Å². The van der Waals surface area contributed by atoms with Crippen LogP contribution in [0, 0.1) is 0 Å². The zero-order chi connectivity index (χ0) is 17.6. The fraction of sp³-hybridized carbons (Fsp3) is 0.188. The maximum Gasteiger partial charge on any atom is 0.241 e. The summed E-state index contributed by atoms with van der Waals surface area (Å²) in [6, 6.07) is 13.2. The van der Waals surface area contributed by atoms with Gasteiger partial charge in [-0.25, -0.2) is 13.1 Å². The van der Waals surface area contributed by atoms with Gasteiger partial charge in [0.15, 0.2) is 0 Å². The molecule has 0 aromatic heterocycles. The quantitative estimate of drug-likeness (QED) is 0.767. The van der Waals surface area contributed by atoms with Crippen LogP contribution < -0.4 is 10.0 Å². The summed E-state index contributed by atoms with van der Waals surface area (Å²) in [5, 5.41) is 3.59. The van der Waals surface area contributed by atoms with Crippen LogP contribution in [0.5, 0.6) is 0 Å². The first-order chi connectivity index (χ1) is 11.4. The summed E-state index contributed by atoms with van der Waals surface area (Å²) in [7, 11) is -3.77. The summed E-state index contributed by atoms with van der Waals surface area (Å²) < 4.78 is 26.4. The molecule has 24 heavy (non-hydrogen) atoms. The van der Waals surface area contributed by atoms with Gasteiger partial charge in [-0.3, -0.25) is 4.79 Å². The lowest BCUT2D eigenvalue weighted by atomic mass is 10.1. The molecule has 0 atom stereocenters. The highest BCUT2D eigenvalue weighted by Gasteiger charge is 2.15. The Balaban J connectivity index is 1.80. The zero-order valence-electron chi connectivity index (χ0n) is 12.6. The Kier molecular flexibility index (Phi) is 6.62. The molecule has 0 aliphatic carbocycles. The summed E-state index contributed by atoms with van der Waals surface area (Å²) in [5.41, 5.74) is 0.988. The zero-order valence-corrected chi connectivity index (χ0v) is 15.0. The molecule has 0 heterocycles. The topological polar surface area (TPSA) is 75.3 Å². The Hall–Kier alpha value is -1.60. The molecule has 2 aromatic rings. The Labute approximate surface area is 151 Å². The van der Waals surface area contributed by atoms with Crippen molar-refractivity contribution in [3.05, 3.63) is 64.1 Å². The van der Waals surface area contributed by atoms with Gasteiger partial charge in [-0.05, 0) is 42.3 Å². The van der Waals surface area contributed by atoms with Gasteiger partial charge in [0.2, 0.25) is 15.9 Å². The number of benzene rings is 2. The molecule has 0 saturated heterocycles. The number of hydrogen-bond acceptors (Lipinski definition) is 3. The fourth-order valence-electron chi connectivity index (χ4n) is 1.98. The third-order valence-electron chi connectivity index (χ3n) is 3.15. The van der Waals surface area contributed by atoms with E-state index in [0.717, 1.165) is 5.56 Å². The van der Waals surface area contributed by atoms with Gasteiger partial charge in [0.05, 0.1) is 11.4 Å². The van der Waals surface area contributed by atoms with Crippen molar-refractivity contribution in [1.82, 2.24) is 10.0 Å². The molecule has 0 aliphatic heterocycles. The number of carbonyl (C=O) groups excluding carboxylic acids is 1. The maximum absolute atomic E-state index is 12.1. The second-order valence-corrected chi connectivity index (χ2v) is 7.65. The molecule has 0 bridgehead atoms. The van der Waals surface area contributed by atoms with E-state index in [1.165, 1.54) is 18.2 Å². The number of sulfonamides is 1. The molecule has 1 amide bonds. The maximum atomic E-state index is 12.1. The van der Waals surface area contributed by atoms with Crippen molar-refractivity contribution in [2.24, 2.45) is 0 Å². The normalized spacial score (nSPS) is 11.2. The summed E-state index contributed by atoms with van der Waals surface area (Å²) in [5.74, 6) is -0.414. The first-order valence-electron chi connectivity index (χ1n) is 7.13. The van der Waals surface area contributed by atoms with Gasteiger partial charge in [0.25, 0.3) is 0 Å². The van der Waals surface area contributed by atoms with Gasteiger partial charge in [-0.15, -0.1) is 0 Å². The molecule has 8 heteroatoms. The fourth-order valence-corrected chi connectivity index (χ4v) is 3.47. The van der Waals surface area contributed by atoms with Crippen LogP contribution in [0.1, 0.15) is 5.56 Å². The number of rotatable bonds is 7. The molecule has 0 spiro atoms. The van der Waals surface area contributed by atoms with Gasteiger partial charge in [0.1, 0.15) is 0 Å². The van der Waals surface area contributed by atoms with E-state index in [2.05, 4.69) is 10.0 Å². The Bertz CT molecular complexity index is 826. The van der Waals surface area contributed by atoms with Gasteiger partial charge in [-0.1, -0.05) is 41.4 Å². The molecular weight excluding hydrogens is 371 g/mol. The first-order valence-corrected chi connectivity index (χ1v) is 9.37. The van der Waals surface area contributed by atoms with Crippen molar-refractivity contribution >= 4 is 39.1 Å². The molecule has 2 aromatic carbocycles. The van der Waals surface area contributed by atoms with Gasteiger partial charge >= 0.3 is 0 Å². The standard InChI is InChI=1S/C16H16Cl2N2O3S/c17-13-4-1-3-12(9-13)7-8-19-16(21)11-20-24(22,23)15-6-2-5-14(18)10-15/h1-6,9-10,20H,7-8,11H2,(H,19,21). The van der Waals surface area contributed by atoms with E-state index in [-0.39, 0.29) is 11.4 Å². The second-order valence-electron chi connectivity index (χ2n) is 5.01. The molecule has 0 fully saturated rings. The predicted molar refractivity (Wildman–Crippen MR) is 94.8 cm³/mol. The molecule has 128 valence electrons. The smallest absolute Gasteiger partial charge is 0.241 e. The molecule has 2 rings (SSSR count). The van der Waals surface area contributed by atoms with E-state index in [1.807, 2.05) is 18.2 Å². The highest BCUT2D eigenvalue weighted by Crippen LogP contribution is 2.15. The van der Waals surface area contributed by atoms with Crippen LogP contribution in [0.3, 0.4) is 0 Å². The number of nitrogens with one attached hydrogen (secondary N) is 2. The molecule has 0 unspecified atom stereocenters. The third-order valence-corrected chi connectivity index (χ3v) is 5.02. The Morgan fingerprint density at radius 2 is 1.67 bits per heavy atom. The highest BCUT2D eigenvalue weighted by atomic mass is 35.5. The average molecular weight is 387 g/mol. The summed E-state index contributed by atoms with van der Waals surface area (Å²) >= 11 is 11.7. The number of hydrogen-bond donors (Lipinski definition) is 2. The third kappa shape index (κ3) is 5.79. The van der Waals surface area contributed by atoms with Crippen LogP contribution in [-0.4, -0.2) is 27.4 Å². The molecule has 5 nitrogen and oxygen atoms in total. The van der Waals surface area contributed by atoms with Crippen molar-refractivity contribution in [2.45, 2.75) is 11.3 Å². The van der Waals surface area contributed by atoms with E-state index in [4.69, 9.17) is 23.2 Å². The van der Waals surface area contributed by atoms with Crippen LogP contribution in [0.15, 0.2) is 53.4 Å². The molecule has 0 saturated carbocycles. The minimum atomic E-state index is -3.77. The largest absolute Gasteiger partial charge is 0.355 e. The van der Waals surface area contributed by atoms with Crippen LogP contribution in [-0.2, 0) is 21.2 Å². The van der Waals surface area contributed by atoms with E-state index in [9.17, 15) is 13.2 Å². The van der Waals surface area contributed by atoms with Gasteiger partial charge in [0, 0.05) is 16.6 Å². The minimum absolute atomic E-state index is 0.0155. The minimum Gasteiger partial charge on any atom is -0.355 e. The van der Waals surface area contributed by atoms with Crippen molar-refractivity contribution in [3.63, 3.8) is 0 Å². The summed E-state index contributed by atoms with van der Waals surface area (Å²) in [6.45, 7) is 0.0441. The monoisotopic (exact) mass is 386 g/mol. The van der Waals surface area contributed by atoms with Gasteiger partial charge in [-0.2, -0.15) is 0 Å². The van der Waals surface area contributed by atoms with Crippen molar-refractivity contribution in [3.8, 4) is 0 Å².